The van der Waals surface area contributed by atoms with Crippen LogP contribution < -0.4 is 19.2 Å². The van der Waals surface area contributed by atoms with Crippen LogP contribution in [0.1, 0.15) is 22.3 Å². The Bertz CT molecular complexity index is 1440. The number of sulfonamides is 1. The van der Waals surface area contributed by atoms with Crippen molar-refractivity contribution < 1.29 is 35.9 Å². The van der Waals surface area contributed by atoms with E-state index in [0.29, 0.717) is 5.75 Å². The largest absolute Gasteiger partial charge is 0.493 e. The highest BCUT2D eigenvalue weighted by molar-refractivity contribution is 7.92. The number of hydrogen-bond acceptors (Lipinski definition) is 6. The molecule has 3 rings (SSSR count). The third kappa shape index (κ3) is 6.62. The average Bonchev–Trinajstić information content (AvgIpc) is 2.85. The summed E-state index contributed by atoms with van der Waals surface area (Å²) < 4.78 is 78.3. The summed E-state index contributed by atoms with van der Waals surface area (Å²) in [5, 5.41) is 3.62. The van der Waals surface area contributed by atoms with Crippen LogP contribution in [-0.2, 0) is 21.0 Å². The van der Waals surface area contributed by atoms with E-state index in [1.807, 2.05) is 6.07 Å². The monoisotopic (exact) mass is 549 g/mol. The molecule has 0 radical (unpaired) electrons. The van der Waals surface area contributed by atoms with Crippen molar-refractivity contribution in [1.29, 1.82) is 0 Å². The molecule has 202 valence electrons. The molecule has 0 bridgehead atoms. The minimum atomic E-state index is -4.61. The lowest BCUT2D eigenvalue weighted by Gasteiger charge is -2.25. The first kappa shape index (κ1) is 28.5. The molecule has 0 saturated heterocycles. The SMILES string of the molecule is COc1ccc(S(=O)(=O)N(CC(=O)N/N=C\c2ccccc2C(F)(F)F)c2cc(C)cc(C)c2)cc1OC. The summed E-state index contributed by atoms with van der Waals surface area (Å²) in [5.41, 5.74) is 2.67. The topological polar surface area (TPSA) is 97.3 Å². The lowest BCUT2D eigenvalue weighted by atomic mass is 10.1. The van der Waals surface area contributed by atoms with E-state index in [1.54, 1.807) is 26.0 Å². The highest BCUT2D eigenvalue weighted by Gasteiger charge is 2.32. The lowest BCUT2D eigenvalue weighted by molar-refractivity contribution is -0.137. The zero-order valence-electron chi connectivity index (χ0n) is 21.0. The number of amides is 1. The van der Waals surface area contributed by atoms with Gasteiger partial charge in [0.2, 0.25) is 0 Å². The van der Waals surface area contributed by atoms with E-state index in [-0.39, 0.29) is 21.9 Å². The van der Waals surface area contributed by atoms with E-state index in [9.17, 15) is 26.4 Å². The number of hydrogen-bond donors (Lipinski definition) is 1. The fourth-order valence-electron chi connectivity index (χ4n) is 3.72. The Morgan fingerprint density at radius 2 is 1.61 bits per heavy atom. The first-order valence-corrected chi connectivity index (χ1v) is 12.6. The second-order valence-electron chi connectivity index (χ2n) is 8.25. The molecule has 3 aromatic carbocycles. The predicted molar refractivity (Wildman–Crippen MR) is 137 cm³/mol. The van der Waals surface area contributed by atoms with Crippen LogP contribution in [0.3, 0.4) is 0 Å². The fourth-order valence-corrected chi connectivity index (χ4v) is 5.14. The van der Waals surface area contributed by atoms with Gasteiger partial charge in [0.25, 0.3) is 15.9 Å². The number of anilines is 1. The van der Waals surface area contributed by atoms with Crippen LogP contribution in [0.2, 0.25) is 0 Å². The van der Waals surface area contributed by atoms with Crippen LogP contribution in [0.4, 0.5) is 18.9 Å². The van der Waals surface area contributed by atoms with Crippen molar-refractivity contribution in [3.8, 4) is 11.5 Å². The van der Waals surface area contributed by atoms with E-state index < -0.39 is 34.2 Å². The van der Waals surface area contributed by atoms with Crippen molar-refractivity contribution in [2.45, 2.75) is 24.9 Å². The smallest absolute Gasteiger partial charge is 0.417 e. The molecular weight excluding hydrogens is 523 g/mol. The molecule has 0 aromatic heterocycles. The van der Waals surface area contributed by atoms with Gasteiger partial charge in [0.15, 0.2) is 11.5 Å². The van der Waals surface area contributed by atoms with Crippen LogP contribution in [0.15, 0.2) is 70.7 Å². The molecule has 12 heteroatoms. The van der Waals surface area contributed by atoms with Gasteiger partial charge >= 0.3 is 6.18 Å². The van der Waals surface area contributed by atoms with Crippen molar-refractivity contribution in [3.05, 3.63) is 82.9 Å². The number of hydrazone groups is 1. The Kier molecular flexibility index (Phi) is 8.67. The first-order chi connectivity index (χ1) is 17.9. The number of aryl methyl sites for hydroxylation is 2. The van der Waals surface area contributed by atoms with Gasteiger partial charge in [0, 0.05) is 11.6 Å². The van der Waals surface area contributed by atoms with Gasteiger partial charge in [0.1, 0.15) is 6.54 Å². The Labute approximate surface area is 218 Å². The molecule has 0 heterocycles. The van der Waals surface area contributed by atoms with Gasteiger partial charge in [-0.05, 0) is 55.3 Å². The van der Waals surface area contributed by atoms with E-state index >= 15 is 0 Å². The molecule has 1 N–H and O–H groups in total. The maximum Gasteiger partial charge on any atom is 0.417 e. The summed E-state index contributed by atoms with van der Waals surface area (Å²) in [4.78, 5) is 12.6. The Morgan fingerprint density at radius 1 is 0.974 bits per heavy atom. The van der Waals surface area contributed by atoms with Crippen LogP contribution in [-0.4, -0.2) is 41.3 Å². The van der Waals surface area contributed by atoms with E-state index in [4.69, 9.17) is 9.47 Å². The molecule has 0 unspecified atom stereocenters. The predicted octanol–water partition coefficient (Wildman–Crippen LogP) is 4.69. The van der Waals surface area contributed by atoms with Gasteiger partial charge in [0.05, 0.1) is 36.6 Å². The molecule has 38 heavy (non-hydrogen) atoms. The maximum absolute atomic E-state index is 13.7. The minimum absolute atomic E-state index is 0.162. The van der Waals surface area contributed by atoms with Gasteiger partial charge in [-0.2, -0.15) is 18.3 Å². The number of carbonyl (C=O) groups excluding carboxylic acids is 1. The zero-order valence-corrected chi connectivity index (χ0v) is 21.9. The van der Waals surface area contributed by atoms with E-state index in [1.165, 1.54) is 50.6 Å². The molecule has 0 aliphatic rings. The van der Waals surface area contributed by atoms with E-state index in [0.717, 1.165) is 27.7 Å². The van der Waals surface area contributed by atoms with Gasteiger partial charge in [-0.15, -0.1) is 0 Å². The van der Waals surface area contributed by atoms with Gasteiger partial charge in [-0.3, -0.25) is 9.10 Å². The molecular formula is C26H26F3N3O5S. The number of methoxy groups -OCH3 is 2. The number of ether oxygens (including phenoxy) is 2. The second kappa shape index (κ2) is 11.5. The number of carbonyl (C=O) groups is 1. The second-order valence-corrected chi connectivity index (χ2v) is 10.1. The minimum Gasteiger partial charge on any atom is -0.493 e. The molecule has 0 aliphatic carbocycles. The summed E-state index contributed by atoms with van der Waals surface area (Å²) >= 11 is 0. The number of benzene rings is 3. The number of nitrogens with one attached hydrogen (secondary N) is 1. The van der Waals surface area contributed by atoms with E-state index in [2.05, 4.69) is 10.5 Å². The van der Waals surface area contributed by atoms with Gasteiger partial charge in [-0.25, -0.2) is 13.8 Å². The first-order valence-electron chi connectivity index (χ1n) is 11.2. The Morgan fingerprint density at radius 3 is 2.21 bits per heavy atom. The zero-order chi connectivity index (χ0) is 28.1. The number of nitrogens with zero attached hydrogens (tertiary/aromatic N) is 2. The molecule has 3 aromatic rings. The standard InChI is InChI=1S/C26H26F3N3O5S/c1-17-11-18(2)13-20(12-17)32(38(34,35)21-9-10-23(36-3)24(14-21)37-4)16-25(33)31-30-15-19-7-5-6-8-22(19)26(27,28)29/h5-15H,16H2,1-4H3,(H,31,33)/b30-15-. The van der Waals surface area contributed by atoms with Crippen LogP contribution in [0.5, 0.6) is 11.5 Å². The fraction of sp³-hybridized carbons (Fsp3) is 0.231. The van der Waals surface area contributed by atoms with Crippen molar-refractivity contribution in [3.63, 3.8) is 0 Å². The summed E-state index contributed by atoms with van der Waals surface area (Å²) in [6.07, 6.45) is -3.76. The van der Waals surface area contributed by atoms with Crippen molar-refractivity contribution in [2.24, 2.45) is 5.10 Å². The molecule has 0 atom stereocenters. The summed E-state index contributed by atoms with van der Waals surface area (Å²) in [6, 6.07) is 13.8. The highest BCUT2D eigenvalue weighted by atomic mass is 32.2. The molecule has 0 spiro atoms. The van der Waals surface area contributed by atoms with Gasteiger partial charge < -0.3 is 9.47 Å². The maximum atomic E-state index is 13.7. The quantitative estimate of drug-likeness (QED) is 0.309. The normalized spacial score (nSPS) is 11.9. The van der Waals surface area contributed by atoms with Gasteiger partial charge in [-0.1, -0.05) is 24.3 Å². The molecule has 1 amide bonds. The number of alkyl halides is 3. The van der Waals surface area contributed by atoms with Crippen LogP contribution in [0, 0.1) is 13.8 Å². The van der Waals surface area contributed by atoms with Crippen LogP contribution in [0.25, 0.3) is 0 Å². The third-order valence-corrected chi connectivity index (χ3v) is 7.15. The summed E-state index contributed by atoms with van der Waals surface area (Å²) in [6.45, 7) is 2.86. The van der Waals surface area contributed by atoms with Crippen molar-refractivity contribution >= 4 is 27.8 Å². The number of halogens is 3. The molecule has 0 aliphatic heterocycles. The summed E-state index contributed by atoms with van der Waals surface area (Å²) in [5.74, 6) is -0.379. The Balaban J connectivity index is 1.94. The number of rotatable bonds is 9. The molecule has 0 saturated carbocycles. The third-order valence-electron chi connectivity index (χ3n) is 5.38. The van der Waals surface area contributed by atoms with Crippen molar-refractivity contribution in [1.82, 2.24) is 5.43 Å². The highest BCUT2D eigenvalue weighted by Crippen LogP contribution is 2.33. The average molecular weight is 550 g/mol. The Hall–Kier alpha value is -4.06. The molecule has 8 nitrogen and oxygen atoms in total. The van der Waals surface area contributed by atoms with Crippen LogP contribution >= 0.6 is 0 Å². The lowest BCUT2D eigenvalue weighted by Crippen LogP contribution is -2.39. The molecule has 0 fully saturated rings. The summed E-state index contributed by atoms with van der Waals surface area (Å²) in [7, 11) is -1.54. The van der Waals surface area contributed by atoms with Crippen molar-refractivity contribution in [2.75, 3.05) is 25.1 Å².